The second-order valence-electron chi connectivity index (χ2n) is 5.54. The molecule has 0 unspecified atom stereocenters. The lowest BCUT2D eigenvalue weighted by Crippen LogP contribution is -2.38. The van der Waals surface area contributed by atoms with E-state index in [1.165, 1.54) is 11.0 Å². The molecule has 0 saturated carbocycles. The molecule has 0 aromatic heterocycles. The van der Waals surface area contributed by atoms with Crippen LogP contribution in [0.15, 0.2) is 22.7 Å². The Bertz CT molecular complexity index is 618. The van der Waals surface area contributed by atoms with Gasteiger partial charge in [0.2, 0.25) is 0 Å². The van der Waals surface area contributed by atoms with Crippen LogP contribution in [-0.2, 0) is 0 Å². The molecule has 1 aliphatic rings. The van der Waals surface area contributed by atoms with E-state index in [1.54, 1.807) is 12.1 Å². The molecule has 1 amide bonds. The first kappa shape index (κ1) is 20.3. The van der Waals surface area contributed by atoms with Gasteiger partial charge >= 0.3 is 6.09 Å². The lowest BCUT2D eigenvalue weighted by atomic mass is 9.98. The summed E-state index contributed by atoms with van der Waals surface area (Å²) in [4.78, 5) is 12.3. The number of ether oxygens (including phenoxy) is 2. The van der Waals surface area contributed by atoms with E-state index in [1.807, 2.05) is 0 Å². The summed E-state index contributed by atoms with van der Waals surface area (Å²) in [6.45, 7) is 1.64. The highest BCUT2D eigenvalue weighted by Crippen LogP contribution is 2.37. The first-order valence-corrected chi connectivity index (χ1v) is 9.11. The van der Waals surface area contributed by atoms with E-state index in [4.69, 9.17) is 61.0 Å². The van der Waals surface area contributed by atoms with Crippen molar-refractivity contribution in [1.82, 2.24) is 4.90 Å². The summed E-state index contributed by atoms with van der Waals surface area (Å²) < 4.78 is 11.3. The van der Waals surface area contributed by atoms with Crippen LogP contribution in [0.1, 0.15) is 12.8 Å². The minimum Gasteiger partial charge on any atom is -0.490 e. The SMILES string of the molecule is O=C(O)N1CCC(COc2c(Cl)cc(OCC=C(Cl)Cl)cc2Cl)CC1. The van der Waals surface area contributed by atoms with Gasteiger partial charge in [0.1, 0.15) is 16.8 Å². The molecule has 1 aromatic carbocycles. The number of likely N-dealkylation sites (tertiary alicyclic amines) is 1. The van der Waals surface area contributed by atoms with Crippen molar-refractivity contribution in [3.8, 4) is 11.5 Å². The predicted molar refractivity (Wildman–Crippen MR) is 99.6 cm³/mol. The topological polar surface area (TPSA) is 59.0 Å². The third-order valence-electron chi connectivity index (χ3n) is 3.81. The number of carbonyl (C=O) groups is 1. The van der Waals surface area contributed by atoms with Crippen LogP contribution in [0.25, 0.3) is 0 Å². The molecule has 25 heavy (non-hydrogen) atoms. The zero-order valence-corrected chi connectivity index (χ0v) is 16.2. The third-order valence-corrected chi connectivity index (χ3v) is 4.68. The molecule has 2 rings (SSSR count). The molecule has 1 aliphatic heterocycles. The minimum atomic E-state index is -0.883. The van der Waals surface area contributed by atoms with Crippen molar-refractivity contribution < 1.29 is 19.4 Å². The molecule has 0 aliphatic carbocycles. The smallest absolute Gasteiger partial charge is 0.407 e. The summed E-state index contributed by atoms with van der Waals surface area (Å²) in [5.41, 5.74) is 0. The number of halogens is 4. The summed E-state index contributed by atoms with van der Waals surface area (Å²) in [5, 5.41) is 9.63. The van der Waals surface area contributed by atoms with E-state index in [2.05, 4.69) is 0 Å². The second-order valence-corrected chi connectivity index (χ2v) is 7.37. The molecule has 138 valence electrons. The Balaban J connectivity index is 1.90. The van der Waals surface area contributed by atoms with Crippen LogP contribution in [-0.4, -0.2) is 42.4 Å². The van der Waals surface area contributed by atoms with Gasteiger partial charge in [-0.05, 0) is 24.8 Å². The Morgan fingerprint density at radius 3 is 2.32 bits per heavy atom. The highest BCUT2D eigenvalue weighted by molar-refractivity contribution is 6.55. The van der Waals surface area contributed by atoms with E-state index < -0.39 is 6.09 Å². The molecule has 0 atom stereocenters. The van der Waals surface area contributed by atoms with Gasteiger partial charge in [-0.25, -0.2) is 4.79 Å². The van der Waals surface area contributed by atoms with Crippen LogP contribution >= 0.6 is 46.4 Å². The molecular formula is C16H17Cl4NO4. The average Bonchev–Trinajstić information content (AvgIpc) is 2.54. The Hall–Kier alpha value is -1.01. The number of hydrogen-bond donors (Lipinski definition) is 1. The summed E-state index contributed by atoms with van der Waals surface area (Å²) in [6, 6.07) is 3.21. The highest BCUT2D eigenvalue weighted by atomic mass is 35.5. The van der Waals surface area contributed by atoms with Crippen LogP contribution in [0.2, 0.25) is 10.0 Å². The monoisotopic (exact) mass is 427 g/mol. The maximum atomic E-state index is 10.9. The van der Waals surface area contributed by atoms with Crippen molar-refractivity contribution in [3.05, 3.63) is 32.7 Å². The number of rotatable bonds is 6. The molecule has 1 aromatic rings. The third kappa shape index (κ3) is 6.33. The maximum absolute atomic E-state index is 10.9. The molecule has 1 fully saturated rings. The Labute approximate surface area is 166 Å². The van der Waals surface area contributed by atoms with Gasteiger partial charge in [0, 0.05) is 25.2 Å². The quantitative estimate of drug-likeness (QED) is 0.653. The fourth-order valence-electron chi connectivity index (χ4n) is 2.45. The van der Waals surface area contributed by atoms with E-state index in [9.17, 15) is 4.79 Å². The first-order chi connectivity index (χ1) is 11.9. The summed E-state index contributed by atoms with van der Waals surface area (Å²) in [6.07, 6.45) is 2.10. The zero-order valence-electron chi connectivity index (χ0n) is 13.2. The molecule has 1 N–H and O–H groups in total. The molecular weight excluding hydrogens is 412 g/mol. The van der Waals surface area contributed by atoms with Gasteiger partial charge in [-0.2, -0.15) is 0 Å². The zero-order chi connectivity index (χ0) is 18.4. The van der Waals surface area contributed by atoms with Crippen LogP contribution in [0.3, 0.4) is 0 Å². The van der Waals surface area contributed by atoms with Crippen molar-refractivity contribution in [3.63, 3.8) is 0 Å². The van der Waals surface area contributed by atoms with Gasteiger partial charge < -0.3 is 19.5 Å². The fraction of sp³-hybridized carbons (Fsp3) is 0.438. The van der Waals surface area contributed by atoms with Gasteiger partial charge in [0.25, 0.3) is 0 Å². The maximum Gasteiger partial charge on any atom is 0.407 e. The normalized spacial score (nSPS) is 15.0. The molecule has 0 radical (unpaired) electrons. The van der Waals surface area contributed by atoms with Gasteiger partial charge in [0.15, 0.2) is 5.75 Å². The van der Waals surface area contributed by atoms with Crippen molar-refractivity contribution in [2.45, 2.75) is 12.8 Å². The number of nitrogens with zero attached hydrogens (tertiary/aromatic N) is 1. The average molecular weight is 429 g/mol. The van der Waals surface area contributed by atoms with Gasteiger partial charge in [0.05, 0.1) is 16.7 Å². The van der Waals surface area contributed by atoms with Gasteiger partial charge in [-0.3, -0.25) is 0 Å². The van der Waals surface area contributed by atoms with Gasteiger partial charge in [-0.15, -0.1) is 0 Å². The summed E-state index contributed by atoms with van der Waals surface area (Å²) in [7, 11) is 0. The summed E-state index contributed by atoms with van der Waals surface area (Å²) >= 11 is 23.5. The van der Waals surface area contributed by atoms with Crippen LogP contribution in [0.4, 0.5) is 4.79 Å². The molecule has 0 spiro atoms. The molecule has 5 nitrogen and oxygen atoms in total. The molecule has 1 saturated heterocycles. The van der Waals surface area contributed by atoms with Crippen molar-refractivity contribution in [2.75, 3.05) is 26.3 Å². The minimum absolute atomic E-state index is 0.117. The van der Waals surface area contributed by atoms with Crippen LogP contribution in [0.5, 0.6) is 11.5 Å². The number of amides is 1. The molecule has 0 bridgehead atoms. The fourth-order valence-corrected chi connectivity index (χ4v) is 3.15. The number of benzene rings is 1. The van der Waals surface area contributed by atoms with E-state index >= 15 is 0 Å². The van der Waals surface area contributed by atoms with Gasteiger partial charge in [-0.1, -0.05) is 46.4 Å². The molecule has 1 heterocycles. The van der Waals surface area contributed by atoms with E-state index in [0.29, 0.717) is 41.2 Å². The lowest BCUT2D eigenvalue weighted by Gasteiger charge is -2.29. The van der Waals surface area contributed by atoms with E-state index in [0.717, 1.165) is 12.8 Å². The van der Waals surface area contributed by atoms with Crippen LogP contribution in [0, 0.1) is 5.92 Å². The Kier molecular flexibility index (Phi) is 7.81. The standard InChI is InChI=1S/C16H17Cl4NO4/c17-12-7-11(24-6-3-14(19)20)8-13(18)15(12)25-9-10-1-4-21(5-2-10)16(22)23/h3,7-8,10H,1-2,4-6,9H2,(H,22,23). The Morgan fingerprint density at radius 1 is 1.20 bits per heavy atom. The second kappa shape index (κ2) is 9.62. The number of hydrogen-bond acceptors (Lipinski definition) is 3. The highest BCUT2D eigenvalue weighted by Gasteiger charge is 2.23. The first-order valence-electron chi connectivity index (χ1n) is 7.60. The van der Waals surface area contributed by atoms with E-state index in [-0.39, 0.29) is 17.0 Å². The number of piperidine rings is 1. The number of carboxylic acid groups (broad SMARTS) is 1. The van der Waals surface area contributed by atoms with Crippen molar-refractivity contribution >= 4 is 52.5 Å². The summed E-state index contributed by atoms with van der Waals surface area (Å²) in [5.74, 6) is 1.12. The Morgan fingerprint density at radius 2 is 1.80 bits per heavy atom. The lowest BCUT2D eigenvalue weighted by molar-refractivity contribution is 0.112. The van der Waals surface area contributed by atoms with Crippen molar-refractivity contribution in [2.24, 2.45) is 5.92 Å². The van der Waals surface area contributed by atoms with Crippen molar-refractivity contribution in [1.29, 1.82) is 0 Å². The molecule has 9 heteroatoms. The predicted octanol–water partition coefficient (Wildman–Crippen LogP) is 5.46. The largest absolute Gasteiger partial charge is 0.490 e. The van der Waals surface area contributed by atoms with Crippen LogP contribution < -0.4 is 9.47 Å².